The highest BCUT2D eigenvalue weighted by molar-refractivity contribution is 5.92. The van der Waals surface area contributed by atoms with E-state index in [0.29, 0.717) is 17.7 Å². The van der Waals surface area contributed by atoms with Gasteiger partial charge < -0.3 is 15.8 Å². The Morgan fingerprint density at radius 1 is 1.04 bits per heavy atom. The van der Waals surface area contributed by atoms with E-state index < -0.39 is 17.9 Å². The van der Waals surface area contributed by atoms with Crippen molar-refractivity contribution in [1.82, 2.24) is 5.32 Å². The molecule has 0 bridgehead atoms. The van der Waals surface area contributed by atoms with E-state index in [4.69, 9.17) is 10.5 Å². The number of amides is 2. The van der Waals surface area contributed by atoms with Crippen LogP contribution in [0.1, 0.15) is 22.8 Å². The zero-order valence-electron chi connectivity index (χ0n) is 13.9. The first kappa shape index (κ1) is 18.2. The summed E-state index contributed by atoms with van der Waals surface area (Å²) >= 11 is 0. The van der Waals surface area contributed by atoms with E-state index >= 15 is 0 Å². The van der Waals surface area contributed by atoms with Gasteiger partial charge in [-0.1, -0.05) is 30.3 Å². The van der Waals surface area contributed by atoms with Gasteiger partial charge in [0.05, 0.1) is 6.04 Å². The van der Waals surface area contributed by atoms with Gasteiger partial charge in [0, 0.05) is 5.56 Å². The van der Waals surface area contributed by atoms with Crippen molar-refractivity contribution in [3.8, 4) is 5.75 Å². The molecule has 2 amide bonds. The van der Waals surface area contributed by atoms with Crippen LogP contribution >= 0.6 is 0 Å². The summed E-state index contributed by atoms with van der Waals surface area (Å²) in [5.74, 6) is -0.616. The summed E-state index contributed by atoms with van der Waals surface area (Å²) in [4.78, 5) is 34.8. The van der Waals surface area contributed by atoms with Crippen molar-refractivity contribution in [2.75, 3.05) is 6.61 Å². The lowest BCUT2D eigenvalue weighted by Crippen LogP contribution is -2.43. The van der Waals surface area contributed by atoms with Gasteiger partial charge in [-0.25, -0.2) is 0 Å². The van der Waals surface area contributed by atoms with Crippen molar-refractivity contribution in [2.24, 2.45) is 5.73 Å². The van der Waals surface area contributed by atoms with Gasteiger partial charge in [-0.15, -0.1) is 0 Å². The van der Waals surface area contributed by atoms with Crippen LogP contribution in [-0.2, 0) is 16.0 Å². The fourth-order valence-corrected chi connectivity index (χ4v) is 2.25. The molecule has 25 heavy (non-hydrogen) atoms. The van der Waals surface area contributed by atoms with Crippen LogP contribution in [0.5, 0.6) is 5.75 Å². The van der Waals surface area contributed by atoms with Gasteiger partial charge in [-0.2, -0.15) is 0 Å². The molecular weight excluding hydrogens is 320 g/mol. The predicted octanol–water partition coefficient (Wildman–Crippen LogP) is 1.48. The normalized spacial score (nSPS) is 11.4. The lowest BCUT2D eigenvalue weighted by molar-refractivity contribution is -0.128. The van der Waals surface area contributed by atoms with Gasteiger partial charge in [-0.05, 0) is 43.2 Å². The summed E-state index contributed by atoms with van der Waals surface area (Å²) < 4.78 is 5.36. The third-order valence-electron chi connectivity index (χ3n) is 3.62. The Morgan fingerprint density at radius 2 is 1.68 bits per heavy atom. The summed E-state index contributed by atoms with van der Waals surface area (Å²) in [6.45, 7) is 1.21. The van der Waals surface area contributed by atoms with E-state index in [1.165, 1.54) is 19.1 Å². The van der Waals surface area contributed by atoms with Crippen LogP contribution < -0.4 is 15.8 Å². The lowest BCUT2D eigenvalue weighted by Gasteiger charge is -2.16. The van der Waals surface area contributed by atoms with Crippen molar-refractivity contribution in [1.29, 1.82) is 0 Å². The van der Waals surface area contributed by atoms with Crippen molar-refractivity contribution in [3.63, 3.8) is 0 Å². The lowest BCUT2D eigenvalue weighted by atomic mass is 10.0. The Kier molecular flexibility index (Phi) is 6.28. The van der Waals surface area contributed by atoms with Crippen molar-refractivity contribution < 1.29 is 19.1 Å². The molecule has 130 valence electrons. The summed E-state index contributed by atoms with van der Waals surface area (Å²) in [5.41, 5.74) is 6.48. The molecule has 0 aliphatic carbocycles. The molecule has 3 N–H and O–H groups in total. The third kappa shape index (κ3) is 5.76. The van der Waals surface area contributed by atoms with Crippen molar-refractivity contribution in [2.45, 2.75) is 19.4 Å². The molecule has 6 nitrogen and oxygen atoms in total. The van der Waals surface area contributed by atoms with Crippen LogP contribution in [-0.4, -0.2) is 30.2 Å². The number of ether oxygens (including phenoxy) is 1. The largest absolute Gasteiger partial charge is 0.484 e. The van der Waals surface area contributed by atoms with Crippen molar-refractivity contribution >= 4 is 17.6 Å². The first-order valence-corrected chi connectivity index (χ1v) is 7.82. The number of nitrogens with one attached hydrogen (secondary N) is 1. The second-order valence-corrected chi connectivity index (χ2v) is 5.60. The first-order chi connectivity index (χ1) is 12.0. The molecule has 0 saturated heterocycles. The molecule has 0 heterocycles. The number of hydrogen-bond acceptors (Lipinski definition) is 4. The van der Waals surface area contributed by atoms with E-state index in [1.54, 1.807) is 12.1 Å². The Bertz CT molecular complexity index is 742. The summed E-state index contributed by atoms with van der Waals surface area (Å²) in [5, 5.41) is 2.68. The molecule has 0 fully saturated rings. The Morgan fingerprint density at radius 3 is 2.24 bits per heavy atom. The maximum atomic E-state index is 12.0. The molecule has 0 aliphatic rings. The van der Waals surface area contributed by atoms with E-state index in [0.717, 1.165) is 5.56 Å². The minimum absolute atomic E-state index is 0.122. The van der Waals surface area contributed by atoms with Crippen LogP contribution in [0.2, 0.25) is 0 Å². The number of nitrogens with two attached hydrogens (primary N) is 1. The standard InChI is InChI=1S/C19H20N2O4/c1-13(22)17(11-14-5-3-2-4-6-14)21-18(23)12-25-16-9-7-15(8-10-16)19(20)24/h2-10,17H,11-12H2,1H3,(H2,20,24)(H,21,23). The number of ketones is 1. The molecular formula is C19H20N2O4. The Balaban J connectivity index is 1.88. The molecule has 0 spiro atoms. The predicted molar refractivity (Wildman–Crippen MR) is 93.2 cm³/mol. The van der Waals surface area contributed by atoms with Crippen LogP contribution in [0, 0.1) is 0 Å². The molecule has 1 atom stereocenters. The molecule has 0 saturated carbocycles. The minimum Gasteiger partial charge on any atom is -0.484 e. The van der Waals surface area contributed by atoms with Gasteiger partial charge in [0.1, 0.15) is 5.75 Å². The molecule has 2 rings (SSSR count). The molecule has 0 aliphatic heterocycles. The highest BCUT2D eigenvalue weighted by atomic mass is 16.5. The van der Waals surface area contributed by atoms with Gasteiger partial charge in [0.2, 0.25) is 5.91 Å². The molecule has 2 aromatic carbocycles. The zero-order valence-corrected chi connectivity index (χ0v) is 13.9. The third-order valence-corrected chi connectivity index (χ3v) is 3.62. The van der Waals surface area contributed by atoms with Crippen LogP contribution in [0.3, 0.4) is 0 Å². The van der Waals surface area contributed by atoms with E-state index in [2.05, 4.69) is 5.32 Å². The minimum atomic E-state index is -0.601. The fourth-order valence-electron chi connectivity index (χ4n) is 2.25. The van der Waals surface area contributed by atoms with Crippen LogP contribution in [0.4, 0.5) is 0 Å². The molecule has 6 heteroatoms. The second kappa shape index (κ2) is 8.63. The SMILES string of the molecule is CC(=O)C(Cc1ccccc1)NC(=O)COc1ccc(C(N)=O)cc1. The smallest absolute Gasteiger partial charge is 0.258 e. The van der Waals surface area contributed by atoms with E-state index in [-0.39, 0.29) is 12.4 Å². The van der Waals surface area contributed by atoms with Gasteiger partial charge in [-0.3, -0.25) is 14.4 Å². The van der Waals surface area contributed by atoms with Gasteiger partial charge >= 0.3 is 0 Å². The summed E-state index contributed by atoms with van der Waals surface area (Å²) in [6, 6.07) is 15.0. The number of rotatable bonds is 8. The Hall–Kier alpha value is -3.15. The zero-order chi connectivity index (χ0) is 18.2. The number of carbonyl (C=O) groups excluding carboxylic acids is 3. The van der Waals surface area contributed by atoms with Crippen LogP contribution in [0.25, 0.3) is 0 Å². The molecule has 1 unspecified atom stereocenters. The van der Waals surface area contributed by atoms with Gasteiger partial charge in [0.25, 0.3) is 5.91 Å². The quantitative estimate of drug-likeness (QED) is 0.760. The number of Topliss-reactive ketones (excluding diaryl/α,β-unsaturated/α-hetero) is 1. The summed E-state index contributed by atoms with van der Waals surface area (Å²) in [6.07, 6.45) is 0.426. The highest BCUT2D eigenvalue weighted by Crippen LogP contribution is 2.11. The number of benzene rings is 2. The Labute approximate surface area is 146 Å². The highest BCUT2D eigenvalue weighted by Gasteiger charge is 2.17. The topological polar surface area (TPSA) is 98.5 Å². The first-order valence-electron chi connectivity index (χ1n) is 7.82. The molecule has 2 aromatic rings. The molecule has 0 aromatic heterocycles. The average molecular weight is 340 g/mol. The fraction of sp³-hybridized carbons (Fsp3) is 0.211. The average Bonchev–Trinajstić information content (AvgIpc) is 2.60. The van der Waals surface area contributed by atoms with Crippen molar-refractivity contribution in [3.05, 3.63) is 65.7 Å². The van der Waals surface area contributed by atoms with Gasteiger partial charge in [0.15, 0.2) is 12.4 Å². The van der Waals surface area contributed by atoms with Crippen LogP contribution in [0.15, 0.2) is 54.6 Å². The van der Waals surface area contributed by atoms with E-state index in [9.17, 15) is 14.4 Å². The number of hydrogen-bond donors (Lipinski definition) is 2. The second-order valence-electron chi connectivity index (χ2n) is 5.60. The maximum Gasteiger partial charge on any atom is 0.258 e. The maximum absolute atomic E-state index is 12.0. The number of primary amides is 1. The monoisotopic (exact) mass is 340 g/mol. The summed E-state index contributed by atoms with van der Waals surface area (Å²) in [7, 11) is 0. The molecule has 0 radical (unpaired) electrons. The number of carbonyl (C=O) groups is 3. The van der Waals surface area contributed by atoms with E-state index in [1.807, 2.05) is 30.3 Å².